The number of phosphoric acid groups is 2. The number of ether oxygens (including phenoxy) is 3. The number of rotatable bonds is 87. The molecular formula is C103H168O16P2. The molecule has 16 nitrogen and oxygen atoms in total. The standard InChI is InChI=1S/C103H168O16P2/c1-4-7-10-13-16-19-22-25-28-31-34-36-38-40-42-44-46-48-50-52-54-56-58-60-63-65-68-71-74-77-80-83-86-89-101(106)113-92-98(104)93-115-120(109,110)116-94-99(105)95-117-121(111,112)118-97-100(119-103(108)91-88-85-82-79-76-73-70-67-62-33-30-27-24-21-18-15-12-9-6-3)96-114-102(107)90-87-84-81-78-75-72-69-66-64-61-59-57-55-53-51-49-47-45-43-41-39-37-35-32-29-26-23-20-17-14-11-8-5-2/h7-12,16-21,25-30,34-37,40-43,46-49,62,67,73,76,82,85,98-100,104-105H,4-6,13-15,22-24,31-33,38-39,44-45,50-61,63-66,68-72,74-75,77-81,83-84,86-97H2,1-3H3,(H,109,110)(H,111,112)/b10-7-,11-8-,12-9-,19-16-,20-17-,21-18-,28-25-,29-26-,30-27-,36-34-,37-35-,42-40-,43-41-,48-46-,49-47-,67-62-,76-73-,85-82-. The number of hydrogen-bond acceptors (Lipinski definition) is 14. The van der Waals surface area contributed by atoms with E-state index in [0.29, 0.717) is 25.7 Å². The van der Waals surface area contributed by atoms with Gasteiger partial charge in [-0.3, -0.25) is 32.5 Å². The molecule has 5 unspecified atom stereocenters. The van der Waals surface area contributed by atoms with Crippen molar-refractivity contribution in [2.75, 3.05) is 39.6 Å². The Bertz CT molecular complexity index is 3080. The van der Waals surface area contributed by atoms with Crippen LogP contribution in [0.15, 0.2) is 219 Å². The van der Waals surface area contributed by atoms with Crippen LogP contribution < -0.4 is 0 Å². The van der Waals surface area contributed by atoms with Crippen molar-refractivity contribution in [3.63, 3.8) is 0 Å². The number of hydrogen-bond donors (Lipinski definition) is 4. The summed E-state index contributed by atoms with van der Waals surface area (Å²) < 4.78 is 61.4. The van der Waals surface area contributed by atoms with Crippen LogP contribution in [0.25, 0.3) is 0 Å². The van der Waals surface area contributed by atoms with Crippen LogP contribution in [0.3, 0.4) is 0 Å². The first-order valence-corrected chi connectivity index (χ1v) is 50.0. The number of aliphatic hydroxyl groups is 2. The van der Waals surface area contributed by atoms with Gasteiger partial charge in [0, 0.05) is 19.3 Å². The maximum Gasteiger partial charge on any atom is 0.472 e. The number of carbonyl (C=O) groups is 3. The van der Waals surface area contributed by atoms with Gasteiger partial charge in [-0.25, -0.2) is 9.13 Å². The van der Waals surface area contributed by atoms with Crippen LogP contribution in [0.4, 0.5) is 0 Å². The minimum Gasteiger partial charge on any atom is -0.463 e. The lowest BCUT2D eigenvalue weighted by Crippen LogP contribution is -2.29. The number of phosphoric ester groups is 2. The predicted octanol–water partition coefficient (Wildman–Crippen LogP) is 29.3. The molecule has 0 spiro atoms. The minimum absolute atomic E-state index is 0.0270. The molecule has 0 aliphatic rings. The topological polar surface area (TPSA) is 231 Å². The summed E-state index contributed by atoms with van der Waals surface area (Å²) in [5.74, 6) is -1.68. The Hall–Kier alpha value is -6.13. The van der Waals surface area contributed by atoms with E-state index in [1.807, 2.05) is 18.2 Å². The number of unbranched alkanes of at least 4 members (excludes halogenated alkanes) is 28. The van der Waals surface area contributed by atoms with Crippen LogP contribution in [-0.4, -0.2) is 95.9 Å². The first kappa shape index (κ1) is 115. The van der Waals surface area contributed by atoms with Crippen molar-refractivity contribution in [3.05, 3.63) is 219 Å². The van der Waals surface area contributed by atoms with Gasteiger partial charge in [0.2, 0.25) is 0 Å². The Morgan fingerprint density at radius 1 is 0.231 bits per heavy atom. The van der Waals surface area contributed by atoms with E-state index in [9.17, 15) is 43.5 Å². The summed E-state index contributed by atoms with van der Waals surface area (Å²) in [5.41, 5.74) is 0. The molecule has 0 aliphatic carbocycles. The highest BCUT2D eigenvalue weighted by Gasteiger charge is 2.29. The maximum atomic E-state index is 13.0. The average Bonchev–Trinajstić information content (AvgIpc) is 0.895. The normalized spacial score (nSPS) is 14.7. The molecule has 0 rings (SSSR count). The first-order chi connectivity index (χ1) is 59.2. The first-order valence-electron chi connectivity index (χ1n) is 47.0. The molecule has 0 heterocycles. The second-order valence-electron chi connectivity index (χ2n) is 30.7. The van der Waals surface area contributed by atoms with E-state index in [0.717, 1.165) is 167 Å². The Labute approximate surface area is 736 Å². The van der Waals surface area contributed by atoms with Gasteiger partial charge >= 0.3 is 33.6 Å². The van der Waals surface area contributed by atoms with Crippen LogP contribution in [0.5, 0.6) is 0 Å². The van der Waals surface area contributed by atoms with Gasteiger partial charge in [0.15, 0.2) is 6.10 Å². The summed E-state index contributed by atoms with van der Waals surface area (Å²) in [7, 11) is -9.85. The van der Waals surface area contributed by atoms with Crippen molar-refractivity contribution in [1.82, 2.24) is 0 Å². The third-order valence-electron chi connectivity index (χ3n) is 19.2. The van der Waals surface area contributed by atoms with Crippen molar-refractivity contribution in [2.45, 2.75) is 373 Å². The lowest BCUT2D eigenvalue weighted by molar-refractivity contribution is -0.161. The molecule has 0 aliphatic heterocycles. The van der Waals surface area contributed by atoms with Gasteiger partial charge in [0.1, 0.15) is 25.4 Å². The van der Waals surface area contributed by atoms with Crippen LogP contribution in [0.2, 0.25) is 0 Å². The van der Waals surface area contributed by atoms with E-state index in [1.54, 1.807) is 0 Å². The highest BCUT2D eigenvalue weighted by atomic mass is 31.2. The molecule has 121 heavy (non-hydrogen) atoms. The molecule has 0 aromatic rings. The average molecular weight is 1720 g/mol. The number of esters is 3. The number of carbonyl (C=O) groups excluding carboxylic acids is 3. The molecule has 0 bridgehead atoms. The fourth-order valence-corrected chi connectivity index (χ4v) is 13.8. The molecule has 0 radical (unpaired) electrons. The van der Waals surface area contributed by atoms with Gasteiger partial charge in [-0.05, 0) is 161 Å². The van der Waals surface area contributed by atoms with Gasteiger partial charge in [-0.1, -0.05) is 394 Å². The van der Waals surface area contributed by atoms with Gasteiger partial charge in [0.05, 0.1) is 26.4 Å². The summed E-state index contributed by atoms with van der Waals surface area (Å²) in [6, 6.07) is 0. The zero-order chi connectivity index (χ0) is 87.9. The van der Waals surface area contributed by atoms with Gasteiger partial charge in [-0.2, -0.15) is 0 Å². The summed E-state index contributed by atoms with van der Waals surface area (Å²) in [5, 5.41) is 20.7. The van der Waals surface area contributed by atoms with E-state index >= 15 is 0 Å². The highest BCUT2D eigenvalue weighted by Crippen LogP contribution is 2.45. The largest absolute Gasteiger partial charge is 0.472 e. The molecule has 18 heteroatoms. The van der Waals surface area contributed by atoms with Crippen molar-refractivity contribution in [1.29, 1.82) is 0 Å². The smallest absolute Gasteiger partial charge is 0.463 e. The quantitative estimate of drug-likeness (QED) is 0.0146. The molecular weight excluding hydrogens is 1560 g/mol. The zero-order valence-electron chi connectivity index (χ0n) is 75.6. The Kier molecular flexibility index (Phi) is 88.3. The maximum absolute atomic E-state index is 13.0. The summed E-state index contributed by atoms with van der Waals surface area (Å²) in [4.78, 5) is 59.0. The molecule has 0 amide bonds. The lowest BCUT2D eigenvalue weighted by Gasteiger charge is -2.21. The van der Waals surface area contributed by atoms with E-state index in [1.165, 1.54) is 122 Å². The van der Waals surface area contributed by atoms with Crippen LogP contribution >= 0.6 is 15.6 Å². The fourth-order valence-electron chi connectivity index (χ4n) is 12.2. The molecule has 0 fully saturated rings. The summed E-state index contributed by atoms with van der Waals surface area (Å²) >= 11 is 0. The van der Waals surface area contributed by atoms with Gasteiger partial charge < -0.3 is 34.2 Å². The van der Waals surface area contributed by atoms with Crippen LogP contribution in [-0.2, 0) is 55.8 Å². The molecule has 4 N–H and O–H groups in total. The van der Waals surface area contributed by atoms with Gasteiger partial charge in [0.25, 0.3) is 0 Å². The number of aliphatic hydroxyl groups excluding tert-OH is 2. The highest BCUT2D eigenvalue weighted by molar-refractivity contribution is 7.47. The Morgan fingerprint density at radius 2 is 0.430 bits per heavy atom. The van der Waals surface area contributed by atoms with E-state index in [-0.39, 0.29) is 19.3 Å². The zero-order valence-corrected chi connectivity index (χ0v) is 77.4. The number of allylic oxidation sites excluding steroid dienone is 36. The van der Waals surface area contributed by atoms with E-state index in [2.05, 4.69) is 221 Å². The summed E-state index contributed by atoms with van der Waals surface area (Å²) in [6.45, 7) is 2.27. The molecule has 0 saturated carbocycles. The van der Waals surface area contributed by atoms with Crippen molar-refractivity contribution < 1.29 is 75.8 Å². The van der Waals surface area contributed by atoms with Crippen molar-refractivity contribution in [3.8, 4) is 0 Å². The molecule has 5 atom stereocenters. The fraction of sp³-hybridized carbons (Fsp3) is 0.621. The van der Waals surface area contributed by atoms with E-state index < -0.39 is 91.5 Å². The summed E-state index contributed by atoms with van der Waals surface area (Å²) in [6.07, 6.45) is 127. The Morgan fingerprint density at radius 3 is 0.686 bits per heavy atom. The minimum atomic E-state index is -4.97. The molecule has 686 valence electrons. The Balaban J connectivity index is 4.59. The van der Waals surface area contributed by atoms with Crippen molar-refractivity contribution >= 4 is 33.6 Å². The molecule has 0 saturated heterocycles. The van der Waals surface area contributed by atoms with Crippen LogP contribution in [0.1, 0.15) is 355 Å². The molecule has 0 aromatic carbocycles. The third-order valence-corrected chi connectivity index (χ3v) is 21.1. The van der Waals surface area contributed by atoms with Crippen molar-refractivity contribution in [2.24, 2.45) is 0 Å². The second kappa shape index (κ2) is 93.0. The van der Waals surface area contributed by atoms with Crippen LogP contribution in [0, 0.1) is 0 Å². The van der Waals surface area contributed by atoms with Gasteiger partial charge in [-0.15, -0.1) is 0 Å². The van der Waals surface area contributed by atoms with E-state index in [4.69, 9.17) is 32.3 Å². The molecule has 0 aromatic heterocycles. The third kappa shape index (κ3) is 94.4. The SMILES string of the molecule is CC/C=C\C/C=C\C/C=C\C/C=C\C/C=C\C/C=C\CCCCCCCCCCCCCCCCC(=O)OCC(O)COP(=O)(O)OCC(O)COP(=O)(O)OCC(COC(=O)CCCCCCCCCCCCCCCC/C=C\C/C=C\C/C=C\C/C=C\C/C=C\C/C=C\CC)OC(=O)CC/C=C\C/C=C\C/C=C\C/C=C\C/C=C\C/C=C\CC. The monoisotopic (exact) mass is 1720 g/mol. The second-order valence-corrected chi connectivity index (χ2v) is 33.6. The predicted molar refractivity (Wildman–Crippen MR) is 509 cm³/mol. The lowest BCUT2D eigenvalue weighted by atomic mass is 10.0.